The highest BCUT2D eigenvalue weighted by Crippen LogP contribution is 2.17. The quantitative estimate of drug-likeness (QED) is 0.821. The number of carbonyl (C=O) groups is 1. The molecule has 7 heteroatoms. The largest absolute Gasteiger partial charge is 0.419 e. The summed E-state index contributed by atoms with van der Waals surface area (Å²) in [7, 11) is 0. The maximum atomic E-state index is 12.7. The average molecular weight is 250 g/mol. The number of benzene rings is 1. The molecule has 0 unspecified atom stereocenters. The number of nitrogens with zero attached hydrogens (tertiary/aromatic N) is 2. The molecule has 0 aliphatic carbocycles. The third-order valence-corrected chi connectivity index (χ3v) is 2.18. The maximum Gasteiger partial charge on any atom is 0.247 e. The van der Waals surface area contributed by atoms with Crippen molar-refractivity contribution in [1.82, 2.24) is 15.5 Å². The molecule has 3 N–H and O–H groups in total. The number of aromatic nitrogens is 2. The average Bonchev–Trinajstić information content (AvgIpc) is 2.85. The summed E-state index contributed by atoms with van der Waals surface area (Å²) < 4.78 is 18.0. The van der Waals surface area contributed by atoms with Crippen LogP contribution in [0.3, 0.4) is 0 Å². The van der Waals surface area contributed by atoms with Crippen LogP contribution < -0.4 is 11.1 Å². The lowest BCUT2D eigenvalue weighted by molar-refractivity contribution is -0.120. The molecule has 94 valence electrons. The van der Waals surface area contributed by atoms with Gasteiger partial charge in [0.2, 0.25) is 17.7 Å². The van der Waals surface area contributed by atoms with Crippen molar-refractivity contribution in [1.29, 1.82) is 0 Å². The van der Waals surface area contributed by atoms with Crippen LogP contribution in [0, 0.1) is 5.82 Å². The second kappa shape index (κ2) is 5.37. The number of rotatable bonds is 4. The topological polar surface area (TPSA) is 94.0 Å². The fraction of sp³-hybridized carbons (Fsp3) is 0.182. The zero-order valence-corrected chi connectivity index (χ0v) is 9.39. The molecule has 0 aliphatic heterocycles. The van der Waals surface area contributed by atoms with Crippen molar-refractivity contribution in [2.24, 2.45) is 5.73 Å². The molecule has 0 spiro atoms. The normalized spacial score (nSPS) is 10.3. The van der Waals surface area contributed by atoms with E-state index in [1.54, 1.807) is 0 Å². The standard InChI is InChI=1S/C11H11FN4O2/c12-8-3-1-7(2-4-8)11-16-15-10(18-11)6-14-9(17)5-13/h1-4H,5-6,13H2,(H,14,17). The van der Waals surface area contributed by atoms with E-state index in [4.69, 9.17) is 10.2 Å². The van der Waals surface area contributed by atoms with Gasteiger partial charge in [0.1, 0.15) is 5.82 Å². The van der Waals surface area contributed by atoms with Crippen LogP contribution in [0.1, 0.15) is 5.89 Å². The van der Waals surface area contributed by atoms with Gasteiger partial charge in [0, 0.05) is 5.56 Å². The van der Waals surface area contributed by atoms with Crippen LogP contribution in [0.25, 0.3) is 11.5 Å². The van der Waals surface area contributed by atoms with Gasteiger partial charge in [-0.1, -0.05) is 0 Å². The Labute approximate surface area is 102 Å². The molecule has 0 atom stereocenters. The molecule has 6 nitrogen and oxygen atoms in total. The molecule has 0 fully saturated rings. The smallest absolute Gasteiger partial charge is 0.247 e. The predicted octanol–water partition coefficient (Wildman–Crippen LogP) is 0.451. The lowest BCUT2D eigenvalue weighted by Crippen LogP contribution is -2.29. The van der Waals surface area contributed by atoms with Crippen molar-refractivity contribution in [3.8, 4) is 11.5 Å². The van der Waals surface area contributed by atoms with Crippen LogP contribution in [-0.4, -0.2) is 22.6 Å². The summed E-state index contributed by atoms with van der Waals surface area (Å²) in [6, 6.07) is 5.67. The van der Waals surface area contributed by atoms with E-state index in [2.05, 4.69) is 15.5 Å². The highest BCUT2D eigenvalue weighted by atomic mass is 19.1. The molecular weight excluding hydrogens is 239 g/mol. The number of halogens is 1. The van der Waals surface area contributed by atoms with Crippen molar-refractivity contribution in [3.05, 3.63) is 36.0 Å². The summed E-state index contributed by atoms with van der Waals surface area (Å²) in [5, 5.41) is 10.1. The highest BCUT2D eigenvalue weighted by molar-refractivity contribution is 5.77. The van der Waals surface area contributed by atoms with Gasteiger partial charge in [-0.05, 0) is 24.3 Å². The predicted molar refractivity (Wildman–Crippen MR) is 60.6 cm³/mol. The number of carbonyl (C=O) groups excluding carboxylic acids is 1. The summed E-state index contributed by atoms with van der Waals surface area (Å²) in [6.45, 7) is 0.0170. The first-order chi connectivity index (χ1) is 8.69. The van der Waals surface area contributed by atoms with Crippen LogP contribution in [0.2, 0.25) is 0 Å². The molecule has 1 aromatic heterocycles. The first-order valence-corrected chi connectivity index (χ1v) is 5.24. The summed E-state index contributed by atoms with van der Waals surface area (Å²) in [5.41, 5.74) is 5.74. The lowest BCUT2D eigenvalue weighted by atomic mass is 10.2. The molecule has 2 aromatic rings. The van der Waals surface area contributed by atoms with Gasteiger partial charge >= 0.3 is 0 Å². The molecule has 0 aliphatic rings. The Bertz CT molecular complexity index is 538. The molecule has 1 aromatic carbocycles. The Morgan fingerprint density at radius 1 is 1.33 bits per heavy atom. The van der Waals surface area contributed by atoms with E-state index >= 15 is 0 Å². The Balaban J connectivity index is 2.06. The van der Waals surface area contributed by atoms with Gasteiger partial charge in [-0.15, -0.1) is 10.2 Å². The Hall–Kier alpha value is -2.28. The van der Waals surface area contributed by atoms with Gasteiger partial charge in [0.15, 0.2) is 0 Å². The maximum absolute atomic E-state index is 12.7. The highest BCUT2D eigenvalue weighted by Gasteiger charge is 2.09. The lowest BCUT2D eigenvalue weighted by Gasteiger charge is -1.98. The van der Waals surface area contributed by atoms with Gasteiger partial charge in [0.05, 0.1) is 13.1 Å². The van der Waals surface area contributed by atoms with E-state index in [1.165, 1.54) is 24.3 Å². The molecule has 0 bridgehead atoms. The van der Waals surface area contributed by atoms with Gasteiger partial charge in [0.25, 0.3) is 0 Å². The summed E-state index contributed by atoms with van der Waals surface area (Å²) in [4.78, 5) is 10.9. The molecule has 1 amide bonds. The van der Waals surface area contributed by atoms with Crippen molar-refractivity contribution < 1.29 is 13.6 Å². The Morgan fingerprint density at radius 3 is 2.72 bits per heavy atom. The number of hydrogen-bond acceptors (Lipinski definition) is 5. The van der Waals surface area contributed by atoms with E-state index < -0.39 is 0 Å². The van der Waals surface area contributed by atoms with E-state index in [9.17, 15) is 9.18 Å². The van der Waals surface area contributed by atoms with Crippen LogP contribution in [0.4, 0.5) is 4.39 Å². The van der Waals surface area contributed by atoms with Crippen molar-refractivity contribution in [2.75, 3.05) is 6.54 Å². The van der Waals surface area contributed by atoms with Gasteiger partial charge in [-0.3, -0.25) is 4.79 Å². The van der Waals surface area contributed by atoms with Crippen LogP contribution >= 0.6 is 0 Å². The fourth-order valence-corrected chi connectivity index (χ4v) is 1.28. The molecule has 0 radical (unpaired) electrons. The number of nitrogens with two attached hydrogens (primary N) is 1. The Kier molecular flexibility index (Phi) is 3.63. The van der Waals surface area contributed by atoms with Crippen molar-refractivity contribution in [3.63, 3.8) is 0 Å². The third kappa shape index (κ3) is 2.89. The van der Waals surface area contributed by atoms with E-state index in [1.807, 2.05) is 0 Å². The van der Waals surface area contributed by atoms with Crippen molar-refractivity contribution >= 4 is 5.91 Å². The summed E-state index contributed by atoms with van der Waals surface area (Å²) in [5.74, 6) is -0.117. The SMILES string of the molecule is NCC(=O)NCc1nnc(-c2ccc(F)cc2)o1. The summed E-state index contributed by atoms with van der Waals surface area (Å²) >= 11 is 0. The van der Waals surface area contributed by atoms with Crippen molar-refractivity contribution in [2.45, 2.75) is 6.54 Å². The van der Waals surface area contributed by atoms with E-state index in [0.717, 1.165) is 0 Å². The number of amides is 1. The van der Waals surface area contributed by atoms with Crippen LogP contribution in [0.5, 0.6) is 0 Å². The molecule has 0 saturated heterocycles. The van der Waals surface area contributed by atoms with E-state index in [0.29, 0.717) is 5.56 Å². The molecule has 18 heavy (non-hydrogen) atoms. The van der Waals surface area contributed by atoms with Gasteiger partial charge in [-0.2, -0.15) is 0 Å². The van der Waals surface area contributed by atoms with Gasteiger partial charge < -0.3 is 15.5 Å². The van der Waals surface area contributed by atoms with Crippen LogP contribution in [-0.2, 0) is 11.3 Å². The second-order valence-electron chi connectivity index (χ2n) is 3.49. The van der Waals surface area contributed by atoms with E-state index in [-0.39, 0.29) is 36.6 Å². The number of nitrogens with one attached hydrogen (secondary N) is 1. The van der Waals surface area contributed by atoms with Crippen LogP contribution in [0.15, 0.2) is 28.7 Å². The minimum absolute atomic E-state index is 0.0983. The third-order valence-electron chi connectivity index (χ3n) is 2.18. The first-order valence-electron chi connectivity index (χ1n) is 5.24. The Morgan fingerprint density at radius 2 is 2.06 bits per heavy atom. The molecular formula is C11H11FN4O2. The van der Waals surface area contributed by atoms with Gasteiger partial charge in [-0.25, -0.2) is 4.39 Å². The summed E-state index contributed by atoms with van der Waals surface area (Å²) in [6.07, 6.45) is 0. The zero-order valence-electron chi connectivity index (χ0n) is 9.39. The second-order valence-corrected chi connectivity index (χ2v) is 3.49. The zero-order chi connectivity index (χ0) is 13.0. The molecule has 0 saturated carbocycles. The number of hydrogen-bond donors (Lipinski definition) is 2. The minimum atomic E-state index is -0.339. The fourth-order valence-electron chi connectivity index (χ4n) is 1.28. The minimum Gasteiger partial charge on any atom is -0.419 e. The monoisotopic (exact) mass is 250 g/mol. The molecule has 1 heterocycles. The first kappa shape index (κ1) is 12.2. The molecule has 2 rings (SSSR count).